The second-order valence-corrected chi connectivity index (χ2v) is 12.9. The van der Waals surface area contributed by atoms with Crippen molar-refractivity contribution < 1.29 is 4.79 Å². The standard InChI is InChI=1S/C31H41N5O/c1-21-19-26-32-20-25-28(36(26)33-21)31(15-16-31)17-18-35(25)24-13-11-22(12-14-24)27(30(2,3)4)34(5)29(37)23-9-7-6-8-10-23/h11-14,19-20,23,27H,6-10,15-18H2,1-5H3/t27-/m0/s1. The highest BCUT2D eigenvalue weighted by Gasteiger charge is 2.51. The van der Waals surface area contributed by atoms with Gasteiger partial charge in [0.25, 0.3) is 0 Å². The number of carbonyl (C=O) groups excluding carboxylic acids is 1. The quantitative estimate of drug-likeness (QED) is 0.399. The van der Waals surface area contributed by atoms with Gasteiger partial charge < -0.3 is 9.80 Å². The maximum absolute atomic E-state index is 13.5. The minimum atomic E-state index is -0.0653. The van der Waals surface area contributed by atoms with E-state index in [1.54, 1.807) is 0 Å². The van der Waals surface area contributed by atoms with Crippen LogP contribution in [0.4, 0.5) is 11.4 Å². The Kier molecular flexibility index (Phi) is 5.85. The van der Waals surface area contributed by atoms with Crippen LogP contribution >= 0.6 is 0 Å². The molecule has 3 aromatic rings. The molecule has 3 heterocycles. The third-order valence-corrected chi connectivity index (χ3v) is 9.08. The second kappa shape index (κ2) is 8.85. The lowest BCUT2D eigenvalue weighted by Crippen LogP contribution is -2.42. The van der Waals surface area contributed by atoms with Crippen LogP contribution in [0, 0.1) is 18.3 Å². The molecule has 2 aliphatic carbocycles. The summed E-state index contributed by atoms with van der Waals surface area (Å²) in [6, 6.07) is 11.1. The number of carbonyl (C=O) groups is 1. The van der Waals surface area contributed by atoms with E-state index >= 15 is 0 Å². The average Bonchev–Trinajstić information content (AvgIpc) is 3.54. The molecule has 0 radical (unpaired) electrons. The van der Waals surface area contributed by atoms with Crippen molar-refractivity contribution in [1.29, 1.82) is 0 Å². The number of rotatable bonds is 4. The summed E-state index contributed by atoms with van der Waals surface area (Å²) in [5.41, 5.74) is 7.04. The van der Waals surface area contributed by atoms with E-state index in [0.29, 0.717) is 5.91 Å². The Balaban J connectivity index is 1.32. The molecule has 0 bridgehead atoms. The van der Waals surface area contributed by atoms with Gasteiger partial charge in [-0.15, -0.1) is 0 Å². The summed E-state index contributed by atoms with van der Waals surface area (Å²) in [5.74, 6) is 0.491. The Morgan fingerprint density at radius 2 is 1.78 bits per heavy atom. The summed E-state index contributed by atoms with van der Waals surface area (Å²) < 4.78 is 2.10. The van der Waals surface area contributed by atoms with Crippen molar-refractivity contribution in [2.24, 2.45) is 11.3 Å². The highest BCUT2D eigenvalue weighted by Crippen LogP contribution is 2.57. The molecule has 0 N–H and O–H groups in total. The van der Waals surface area contributed by atoms with Gasteiger partial charge in [0.05, 0.1) is 29.3 Å². The summed E-state index contributed by atoms with van der Waals surface area (Å²) in [6.07, 6.45) is 11.3. The first kappa shape index (κ1) is 24.4. The fraction of sp³-hybridized carbons (Fsp3) is 0.581. The van der Waals surface area contributed by atoms with Crippen LogP contribution in [0.3, 0.4) is 0 Å². The molecule has 1 amide bonds. The SMILES string of the molecule is Cc1cc2ncc3c(n2n1)C1(CCN3c2ccc([C@H](N(C)C(=O)C3CCCCC3)C(C)(C)C)cc2)CC1. The van der Waals surface area contributed by atoms with Crippen molar-refractivity contribution in [2.45, 2.75) is 90.5 Å². The molecular weight excluding hydrogens is 458 g/mol. The maximum atomic E-state index is 13.5. The predicted molar refractivity (Wildman–Crippen MR) is 148 cm³/mol. The number of anilines is 2. The summed E-state index contributed by atoms with van der Waals surface area (Å²) >= 11 is 0. The zero-order valence-electron chi connectivity index (χ0n) is 23.1. The van der Waals surface area contributed by atoms with Gasteiger partial charge in [0, 0.05) is 36.7 Å². The van der Waals surface area contributed by atoms with Crippen molar-refractivity contribution in [3.8, 4) is 0 Å². The second-order valence-electron chi connectivity index (χ2n) is 12.9. The number of amides is 1. The normalized spacial score (nSPS) is 20.2. The molecule has 0 saturated heterocycles. The predicted octanol–water partition coefficient (Wildman–Crippen LogP) is 6.74. The minimum Gasteiger partial charge on any atom is -0.339 e. The van der Waals surface area contributed by atoms with Gasteiger partial charge in [-0.2, -0.15) is 5.10 Å². The first-order chi connectivity index (χ1) is 17.7. The third kappa shape index (κ3) is 4.22. The van der Waals surface area contributed by atoms with Crippen LogP contribution in [0.15, 0.2) is 36.5 Å². The Hall–Kier alpha value is -2.89. The topological polar surface area (TPSA) is 53.7 Å². The molecule has 3 aliphatic rings. The van der Waals surface area contributed by atoms with Gasteiger partial charge in [0.1, 0.15) is 0 Å². The number of fused-ring (bicyclic) bond motifs is 4. The summed E-state index contributed by atoms with van der Waals surface area (Å²) in [4.78, 5) is 22.7. The van der Waals surface area contributed by atoms with Gasteiger partial charge in [-0.05, 0) is 62.1 Å². The number of nitrogens with zero attached hydrogens (tertiary/aromatic N) is 5. The molecule has 6 heteroatoms. The molecule has 1 aliphatic heterocycles. The third-order valence-electron chi connectivity index (χ3n) is 9.08. The lowest BCUT2D eigenvalue weighted by molar-refractivity contribution is -0.139. The fourth-order valence-corrected chi connectivity index (χ4v) is 7.11. The molecule has 6 nitrogen and oxygen atoms in total. The smallest absolute Gasteiger partial charge is 0.225 e. The molecule has 2 saturated carbocycles. The number of benzene rings is 1. The van der Waals surface area contributed by atoms with Gasteiger partial charge in [-0.1, -0.05) is 52.2 Å². The van der Waals surface area contributed by atoms with Crippen LogP contribution < -0.4 is 4.90 Å². The van der Waals surface area contributed by atoms with E-state index in [0.717, 1.165) is 37.1 Å². The first-order valence-corrected chi connectivity index (χ1v) is 14.2. The van der Waals surface area contributed by atoms with E-state index in [9.17, 15) is 4.79 Å². The molecule has 196 valence electrons. The fourth-order valence-electron chi connectivity index (χ4n) is 7.11. The highest BCUT2D eigenvalue weighted by molar-refractivity contribution is 5.79. The number of hydrogen-bond acceptors (Lipinski definition) is 4. The van der Waals surface area contributed by atoms with Crippen molar-refractivity contribution in [3.63, 3.8) is 0 Å². The van der Waals surface area contributed by atoms with Gasteiger partial charge >= 0.3 is 0 Å². The monoisotopic (exact) mass is 499 g/mol. The molecule has 6 rings (SSSR count). The lowest BCUT2D eigenvalue weighted by Gasteiger charge is -2.41. The summed E-state index contributed by atoms with van der Waals surface area (Å²) in [6.45, 7) is 9.77. The Labute approximate surface area is 221 Å². The molecule has 2 aromatic heterocycles. The Bertz CT molecular complexity index is 1310. The van der Waals surface area contributed by atoms with Crippen LogP contribution in [0.5, 0.6) is 0 Å². The van der Waals surface area contributed by atoms with Crippen LogP contribution in [-0.2, 0) is 10.2 Å². The molecule has 2 fully saturated rings. The van der Waals surface area contributed by atoms with Gasteiger partial charge in [0.2, 0.25) is 5.91 Å². The van der Waals surface area contributed by atoms with Crippen LogP contribution in [0.25, 0.3) is 5.65 Å². The molecule has 1 atom stereocenters. The van der Waals surface area contributed by atoms with E-state index in [2.05, 4.69) is 60.5 Å². The van der Waals surface area contributed by atoms with Crippen LogP contribution in [0.2, 0.25) is 0 Å². The Morgan fingerprint density at radius 1 is 1.08 bits per heavy atom. The van der Waals surface area contributed by atoms with E-state index in [1.807, 2.05) is 25.1 Å². The lowest BCUT2D eigenvalue weighted by atomic mass is 9.80. The van der Waals surface area contributed by atoms with Crippen molar-refractivity contribution in [2.75, 3.05) is 18.5 Å². The summed E-state index contributed by atoms with van der Waals surface area (Å²) in [5, 5.41) is 4.82. The van der Waals surface area contributed by atoms with Gasteiger partial charge in [-0.3, -0.25) is 4.79 Å². The molecule has 37 heavy (non-hydrogen) atoms. The van der Waals surface area contributed by atoms with Crippen LogP contribution in [-0.4, -0.2) is 39.0 Å². The summed E-state index contributed by atoms with van der Waals surface area (Å²) in [7, 11) is 2.01. The van der Waals surface area contributed by atoms with Crippen molar-refractivity contribution >= 4 is 22.9 Å². The first-order valence-electron chi connectivity index (χ1n) is 14.2. The zero-order chi connectivity index (χ0) is 25.9. The van der Waals surface area contributed by atoms with E-state index < -0.39 is 0 Å². The van der Waals surface area contributed by atoms with Crippen molar-refractivity contribution in [1.82, 2.24) is 19.5 Å². The van der Waals surface area contributed by atoms with E-state index in [4.69, 9.17) is 10.1 Å². The maximum Gasteiger partial charge on any atom is 0.225 e. The molecular formula is C31H41N5O. The van der Waals surface area contributed by atoms with Gasteiger partial charge in [-0.25, -0.2) is 9.50 Å². The van der Waals surface area contributed by atoms with Crippen LogP contribution in [0.1, 0.15) is 95.1 Å². The van der Waals surface area contributed by atoms with Crippen molar-refractivity contribution in [3.05, 3.63) is 53.5 Å². The zero-order valence-corrected chi connectivity index (χ0v) is 23.1. The Morgan fingerprint density at radius 3 is 2.43 bits per heavy atom. The van der Waals surface area contributed by atoms with Gasteiger partial charge in [0.15, 0.2) is 5.65 Å². The van der Waals surface area contributed by atoms with E-state index in [1.165, 1.54) is 54.7 Å². The number of aromatic nitrogens is 3. The minimum absolute atomic E-state index is 0.0349. The van der Waals surface area contributed by atoms with E-state index in [-0.39, 0.29) is 22.8 Å². The highest BCUT2D eigenvalue weighted by atomic mass is 16.2. The largest absolute Gasteiger partial charge is 0.339 e. The number of hydrogen-bond donors (Lipinski definition) is 0. The average molecular weight is 500 g/mol. The molecule has 1 aromatic carbocycles. The molecule has 1 spiro atoms. The number of aryl methyl sites for hydroxylation is 1. The molecule has 0 unspecified atom stereocenters.